The molecule has 0 radical (unpaired) electrons. The lowest BCUT2D eigenvalue weighted by atomic mass is 10.00. The lowest BCUT2D eigenvalue weighted by Crippen LogP contribution is -2.46. The summed E-state index contributed by atoms with van der Waals surface area (Å²) in [5, 5.41) is 6.16. The zero-order valence-corrected chi connectivity index (χ0v) is 19.9. The van der Waals surface area contributed by atoms with E-state index < -0.39 is 30.0 Å². The summed E-state index contributed by atoms with van der Waals surface area (Å²) in [5.41, 5.74) is 1.57. The van der Waals surface area contributed by atoms with Crippen LogP contribution in [0.3, 0.4) is 0 Å². The average Bonchev–Trinajstić information content (AvgIpc) is 3.61. The summed E-state index contributed by atoms with van der Waals surface area (Å²) >= 11 is 6.11. The van der Waals surface area contributed by atoms with Gasteiger partial charge >= 0.3 is 6.09 Å². The monoisotopic (exact) mass is 507 g/mol. The summed E-state index contributed by atoms with van der Waals surface area (Å²) in [5.74, 6) is -1.56. The highest BCUT2D eigenvalue weighted by Gasteiger charge is 2.48. The van der Waals surface area contributed by atoms with Gasteiger partial charge in [0.05, 0.1) is 12.1 Å². The van der Waals surface area contributed by atoms with Crippen LogP contribution in [-0.4, -0.2) is 34.9 Å². The topological polar surface area (TPSA) is 87.7 Å². The second kappa shape index (κ2) is 9.99. The molecule has 1 aliphatic carbocycles. The van der Waals surface area contributed by atoms with Gasteiger partial charge < -0.3 is 15.4 Å². The van der Waals surface area contributed by atoms with Gasteiger partial charge in [0.1, 0.15) is 5.82 Å². The van der Waals surface area contributed by atoms with Crippen molar-refractivity contribution >= 4 is 35.2 Å². The number of nitrogens with zero attached hydrogens (tertiary/aromatic N) is 1. The second-order valence-electron chi connectivity index (χ2n) is 8.85. The number of hydrogen-bond acceptors (Lipinski definition) is 4. The van der Waals surface area contributed by atoms with Crippen LogP contribution in [0.4, 0.5) is 14.9 Å². The standard InChI is InChI=1S/C27H23ClFN3O4/c28-18-7-3-5-16(13-18)15-32-23(26(34)30-19-11-12-19)24(36-27(32)35)17-6-4-8-20(14-17)31-25(33)21-9-1-2-10-22(21)29/h1-10,13-14,19,23-24H,11-12,15H2,(H,30,34)(H,31,33). The van der Waals surface area contributed by atoms with Crippen molar-refractivity contribution in [3.63, 3.8) is 0 Å². The van der Waals surface area contributed by atoms with Crippen molar-refractivity contribution in [3.8, 4) is 0 Å². The minimum Gasteiger partial charge on any atom is -0.438 e. The summed E-state index contributed by atoms with van der Waals surface area (Å²) in [6, 6.07) is 18.6. The molecule has 2 unspecified atom stereocenters. The van der Waals surface area contributed by atoms with E-state index in [1.54, 1.807) is 48.5 Å². The van der Waals surface area contributed by atoms with E-state index >= 15 is 0 Å². The van der Waals surface area contributed by atoms with Crippen molar-refractivity contribution in [1.82, 2.24) is 10.2 Å². The quantitative estimate of drug-likeness (QED) is 0.467. The number of halogens is 2. The number of hydrogen-bond donors (Lipinski definition) is 2. The van der Waals surface area contributed by atoms with Crippen LogP contribution in [0.15, 0.2) is 72.8 Å². The highest BCUT2D eigenvalue weighted by Crippen LogP contribution is 2.36. The Kier molecular flexibility index (Phi) is 6.61. The summed E-state index contributed by atoms with van der Waals surface area (Å²) in [6.45, 7) is 0.141. The Morgan fingerprint density at radius 3 is 2.56 bits per heavy atom. The van der Waals surface area contributed by atoms with Crippen molar-refractivity contribution in [2.24, 2.45) is 0 Å². The predicted octanol–water partition coefficient (Wildman–Crippen LogP) is 5.07. The number of cyclic esters (lactones) is 1. The first-order valence-electron chi connectivity index (χ1n) is 11.6. The molecule has 1 aliphatic heterocycles. The largest absolute Gasteiger partial charge is 0.438 e. The molecule has 3 aromatic carbocycles. The number of anilines is 1. The Morgan fingerprint density at radius 1 is 1.03 bits per heavy atom. The number of carbonyl (C=O) groups is 3. The second-order valence-corrected chi connectivity index (χ2v) is 9.29. The minimum absolute atomic E-state index is 0.0910. The van der Waals surface area contributed by atoms with E-state index in [4.69, 9.17) is 16.3 Å². The van der Waals surface area contributed by atoms with Crippen molar-refractivity contribution in [2.75, 3.05) is 5.32 Å². The van der Waals surface area contributed by atoms with Gasteiger partial charge in [0.25, 0.3) is 5.91 Å². The molecular weight excluding hydrogens is 485 g/mol. The Hall–Kier alpha value is -3.91. The van der Waals surface area contributed by atoms with Gasteiger partial charge in [0, 0.05) is 16.8 Å². The van der Waals surface area contributed by atoms with E-state index in [2.05, 4.69) is 10.6 Å². The van der Waals surface area contributed by atoms with Gasteiger partial charge in [-0.05, 0) is 60.4 Å². The van der Waals surface area contributed by atoms with E-state index in [1.165, 1.54) is 23.1 Å². The first kappa shape index (κ1) is 23.8. The van der Waals surface area contributed by atoms with Gasteiger partial charge in [-0.2, -0.15) is 0 Å². The summed E-state index contributed by atoms with van der Waals surface area (Å²) in [6.07, 6.45) is 0.255. The van der Waals surface area contributed by atoms with Crippen LogP contribution < -0.4 is 10.6 Å². The maximum atomic E-state index is 14.0. The molecule has 1 saturated carbocycles. The third-order valence-electron chi connectivity index (χ3n) is 6.11. The van der Waals surface area contributed by atoms with E-state index in [1.807, 2.05) is 6.07 Å². The SMILES string of the molecule is O=C(Nc1cccc(C2OC(=O)N(Cc3cccc(Cl)c3)C2C(=O)NC2CC2)c1)c1ccccc1F. The van der Waals surface area contributed by atoms with Gasteiger partial charge in [-0.25, -0.2) is 9.18 Å². The third-order valence-corrected chi connectivity index (χ3v) is 6.35. The molecule has 1 saturated heterocycles. The highest BCUT2D eigenvalue weighted by atomic mass is 35.5. The van der Waals surface area contributed by atoms with Crippen molar-refractivity contribution in [3.05, 3.63) is 100 Å². The van der Waals surface area contributed by atoms with Crippen LogP contribution in [0.2, 0.25) is 5.02 Å². The molecule has 9 heteroatoms. The zero-order valence-electron chi connectivity index (χ0n) is 19.1. The third kappa shape index (κ3) is 5.18. The van der Waals surface area contributed by atoms with Crippen LogP contribution in [0, 0.1) is 5.82 Å². The lowest BCUT2D eigenvalue weighted by Gasteiger charge is -2.24. The number of rotatable bonds is 7. The molecule has 0 aromatic heterocycles. The fraction of sp³-hybridized carbons (Fsp3) is 0.222. The number of carbonyl (C=O) groups excluding carboxylic acids is 3. The smallest absolute Gasteiger partial charge is 0.411 e. The molecule has 7 nitrogen and oxygen atoms in total. The highest BCUT2D eigenvalue weighted by molar-refractivity contribution is 6.30. The summed E-state index contributed by atoms with van der Waals surface area (Å²) in [7, 11) is 0. The van der Waals surface area contributed by atoms with Gasteiger partial charge in [0.15, 0.2) is 12.1 Å². The normalized spacial score (nSPS) is 19.1. The molecule has 36 heavy (non-hydrogen) atoms. The maximum absolute atomic E-state index is 14.0. The van der Waals surface area contributed by atoms with Crippen LogP contribution in [0.5, 0.6) is 0 Å². The van der Waals surface area contributed by atoms with Crippen molar-refractivity contribution in [2.45, 2.75) is 37.6 Å². The van der Waals surface area contributed by atoms with E-state index in [9.17, 15) is 18.8 Å². The fourth-order valence-electron chi connectivity index (χ4n) is 4.19. The molecule has 0 spiro atoms. The lowest BCUT2D eigenvalue weighted by molar-refractivity contribution is -0.126. The molecule has 5 rings (SSSR count). The van der Waals surface area contributed by atoms with Crippen LogP contribution in [0.1, 0.15) is 40.4 Å². The van der Waals surface area contributed by atoms with Gasteiger partial charge in [-0.1, -0.05) is 48.0 Å². The van der Waals surface area contributed by atoms with Gasteiger partial charge in [0.2, 0.25) is 5.91 Å². The fourth-order valence-corrected chi connectivity index (χ4v) is 4.41. The van der Waals surface area contributed by atoms with E-state index in [0.717, 1.165) is 18.4 Å². The molecule has 3 aromatic rings. The molecule has 2 atom stereocenters. The van der Waals surface area contributed by atoms with Crippen LogP contribution >= 0.6 is 11.6 Å². The van der Waals surface area contributed by atoms with Crippen molar-refractivity contribution < 1.29 is 23.5 Å². The molecule has 184 valence electrons. The van der Waals surface area contributed by atoms with Crippen LogP contribution in [0.25, 0.3) is 0 Å². The Morgan fingerprint density at radius 2 is 1.81 bits per heavy atom. The number of amides is 3. The molecule has 2 fully saturated rings. The molecule has 2 aliphatic rings. The Balaban J connectivity index is 1.41. The van der Waals surface area contributed by atoms with Crippen molar-refractivity contribution in [1.29, 1.82) is 0 Å². The Bertz CT molecular complexity index is 1330. The Labute approximate surface area is 212 Å². The van der Waals surface area contributed by atoms with Gasteiger partial charge in [-0.3, -0.25) is 14.5 Å². The zero-order chi connectivity index (χ0) is 25.2. The van der Waals surface area contributed by atoms with Gasteiger partial charge in [-0.15, -0.1) is 0 Å². The van der Waals surface area contributed by atoms with E-state index in [0.29, 0.717) is 16.3 Å². The summed E-state index contributed by atoms with van der Waals surface area (Å²) < 4.78 is 19.7. The van der Waals surface area contributed by atoms with Crippen LogP contribution in [-0.2, 0) is 16.1 Å². The minimum atomic E-state index is -0.922. The first-order valence-corrected chi connectivity index (χ1v) is 11.9. The number of benzene rings is 3. The van der Waals surface area contributed by atoms with E-state index in [-0.39, 0.29) is 24.1 Å². The number of nitrogens with one attached hydrogen (secondary N) is 2. The molecular formula is C27H23ClFN3O4. The summed E-state index contributed by atoms with van der Waals surface area (Å²) in [4.78, 5) is 40.2. The maximum Gasteiger partial charge on any atom is 0.411 e. The first-order chi connectivity index (χ1) is 17.4. The molecule has 0 bridgehead atoms. The average molecular weight is 508 g/mol. The molecule has 3 amide bonds. The number of ether oxygens (including phenoxy) is 1. The predicted molar refractivity (Wildman–Crippen MR) is 132 cm³/mol. The molecule has 2 N–H and O–H groups in total. The molecule has 1 heterocycles.